The van der Waals surface area contributed by atoms with Crippen molar-refractivity contribution in [1.29, 1.82) is 0 Å². The molecule has 0 aliphatic heterocycles. The number of halogens is 1. The Balaban J connectivity index is 2.24. The van der Waals surface area contributed by atoms with Crippen LogP contribution in [-0.2, 0) is 0 Å². The summed E-state index contributed by atoms with van der Waals surface area (Å²) in [7, 11) is 0. The van der Waals surface area contributed by atoms with Gasteiger partial charge in [0.25, 0.3) is 5.91 Å². The third kappa shape index (κ3) is 2.21. The molecule has 1 amide bonds. The number of nitrogens with zero attached hydrogens (tertiary/aromatic N) is 1. The highest BCUT2D eigenvalue weighted by Crippen LogP contribution is 2.25. The molecule has 1 aromatic rings. The normalized spacial score (nSPS) is 15.8. The highest BCUT2D eigenvalue weighted by molar-refractivity contribution is 6.29. The lowest BCUT2D eigenvalue weighted by Crippen LogP contribution is -2.29. The van der Waals surface area contributed by atoms with Crippen molar-refractivity contribution in [3.63, 3.8) is 0 Å². The number of nitrogens with two attached hydrogens (primary N) is 1. The van der Waals surface area contributed by atoms with Crippen LogP contribution in [0.3, 0.4) is 0 Å². The number of hydrogen-bond donors (Lipinski definition) is 2. The first kappa shape index (κ1) is 10.2. The van der Waals surface area contributed by atoms with E-state index in [1.54, 1.807) is 12.1 Å². The first-order valence-electron chi connectivity index (χ1n) is 4.89. The summed E-state index contributed by atoms with van der Waals surface area (Å²) in [5, 5.41) is 3.54. The molecule has 0 aromatic carbocycles. The molecule has 0 bridgehead atoms. The SMILES string of the molecule is NC(=O)c1ccc(Cl)nc1NC1CCC1. The fourth-order valence-electron chi connectivity index (χ4n) is 1.49. The smallest absolute Gasteiger partial charge is 0.252 e. The molecular formula is C10H12ClN3O. The van der Waals surface area contributed by atoms with E-state index in [-0.39, 0.29) is 0 Å². The van der Waals surface area contributed by atoms with Gasteiger partial charge in [0.15, 0.2) is 0 Å². The number of pyridine rings is 1. The second kappa shape index (κ2) is 4.06. The Morgan fingerprint density at radius 3 is 2.80 bits per heavy atom. The molecule has 1 aliphatic carbocycles. The van der Waals surface area contributed by atoms with Crippen LogP contribution in [-0.4, -0.2) is 16.9 Å². The van der Waals surface area contributed by atoms with E-state index in [4.69, 9.17) is 17.3 Å². The molecule has 0 radical (unpaired) electrons. The van der Waals surface area contributed by atoms with Crippen LogP contribution in [0.1, 0.15) is 29.6 Å². The third-order valence-electron chi connectivity index (χ3n) is 2.57. The third-order valence-corrected chi connectivity index (χ3v) is 2.78. The van der Waals surface area contributed by atoms with E-state index in [1.165, 1.54) is 6.42 Å². The van der Waals surface area contributed by atoms with Crippen molar-refractivity contribution in [2.45, 2.75) is 25.3 Å². The highest BCUT2D eigenvalue weighted by atomic mass is 35.5. The van der Waals surface area contributed by atoms with Crippen LogP contribution >= 0.6 is 11.6 Å². The van der Waals surface area contributed by atoms with Crippen molar-refractivity contribution in [2.24, 2.45) is 5.73 Å². The summed E-state index contributed by atoms with van der Waals surface area (Å²) in [6.45, 7) is 0. The zero-order valence-electron chi connectivity index (χ0n) is 8.16. The lowest BCUT2D eigenvalue weighted by molar-refractivity contribution is 0.100. The predicted molar refractivity (Wildman–Crippen MR) is 59.0 cm³/mol. The van der Waals surface area contributed by atoms with Gasteiger partial charge in [0.2, 0.25) is 0 Å². The molecule has 80 valence electrons. The van der Waals surface area contributed by atoms with Gasteiger partial charge in [0.05, 0.1) is 5.56 Å². The summed E-state index contributed by atoms with van der Waals surface area (Å²) in [5.74, 6) is 0.0145. The summed E-state index contributed by atoms with van der Waals surface area (Å²) < 4.78 is 0. The maximum Gasteiger partial charge on any atom is 0.252 e. The van der Waals surface area contributed by atoms with Gasteiger partial charge in [-0.25, -0.2) is 4.98 Å². The Kier molecular flexibility index (Phi) is 2.77. The van der Waals surface area contributed by atoms with Crippen LogP contribution < -0.4 is 11.1 Å². The van der Waals surface area contributed by atoms with Gasteiger partial charge in [-0.2, -0.15) is 0 Å². The van der Waals surface area contributed by atoms with Gasteiger partial charge in [-0.05, 0) is 31.4 Å². The molecule has 0 saturated heterocycles. The summed E-state index contributed by atoms with van der Waals surface area (Å²) in [6, 6.07) is 3.56. The van der Waals surface area contributed by atoms with Gasteiger partial charge in [-0.1, -0.05) is 11.6 Å². The molecule has 0 spiro atoms. The van der Waals surface area contributed by atoms with E-state index in [2.05, 4.69) is 10.3 Å². The van der Waals surface area contributed by atoms with E-state index in [0.717, 1.165) is 12.8 Å². The number of carbonyl (C=O) groups excluding carboxylic acids is 1. The lowest BCUT2D eigenvalue weighted by atomic mass is 9.93. The monoisotopic (exact) mass is 225 g/mol. The minimum absolute atomic E-state index is 0.363. The maximum absolute atomic E-state index is 11.1. The van der Waals surface area contributed by atoms with E-state index in [0.29, 0.717) is 22.6 Å². The van der Waals surface area contributed by atoms with Crippen LogP contribution in [0.4, 0.5) is 5.82 Å². The number of aromatic nitrogens is 1. The zero-order valence-corrected chi connectivity index (χ0v) is 8.92. The van der Waals surface area contributed by atoms with Crippen molar-refractivity contribution in [3.05, 3.63) is 22.8 Å². The number of rotatable bonds is 3. The Hall–Kier alpha value is -1.29. The van der Waals surface area contributed by atoms with Gasteiger partial charge in [0.1, 0.15) is 11.0 Å². The molecule has 1 aromatic heterocycles. The minimum atomic E-state index is -0.485. The number of amides is 1. The molecule has 1 saturated carbocycles. The molecule has 1 fully saturated rings. The average Bonchev–Trinajstić information content (AvgIpc) is 2.11. The number of nitrogens with one attached hydrogen (secondary N) is 1. The van der Waals surface area contributed by atoms with Crippen LogP contribution in [0.15, 0.2) is 12.1 Å². The molecule has 2 rings (SSSR count). The van der Waals surface area contributed by atoms with Gasteiger partial charge >= 0.3 is 0 Å². The first-order chi connectivity index (χ1) is 7.16. The maximum atomic E-state index is 11.1. The van der Waals surface area contributed by atoms with Gasteiger partial charge in [-0.3, -0.25) is 4.79 Å². The molecule has 0 atom stereocenters. The summed E-state index contributed by atoms with van der Waals surface area (Å²) >= 11 is 5.76. The number of carbonyl (C=O) groups is 1. The van der Waals surface area contributed by atoms with Gasteiger partial charge in [-0.15, -0.1) is 0 Å². The van der Waals surface area contributed by atoms with Crippen molar-refractivity contribution in [3.8, 4) is 0 Å². The van der Waals surface area contributed by atoms with Crippen molar-refractivity contribution in [1.82, 2.24) is 4.98 Å². The van der Waals surface area contributed by atoms with Crippen LogP contribution in [0.5, 0.6) is 0 Å². The second-order valence-corrected chi connectivity index (χ2v) is 4.05. The van der Waals surface area contributed by atoms with E-state index in [9.17, 15) is 4.79 Å². The summed E-state index contributed by atoms with van der Waals surface area (Å²) in [4.78, 5) is 15.2. The summed E-state index contributed by atoms with van der Waals surface area (Å²) in [5.41, 5.74) is 5.63. The number of hydrogen-bond acceptors (Lipinski definition) is 3. The van der Waals surface area contributed by atoms with Crippen LogP contribution in [0.25, 0.3) is 0 Å². The molecule has 5 heteroatoms. The molecule has 15 heavy (non-hydrogen) atoms. The quantitative estimate of drug-likeness (QED) is 0.771. The summed E-state index contributed by atoms with van der Waals surface area (Å²) in [6.07, 6.45) is 3.42. The molecule has 1 heterocycles. The van der Waals surface area contributed by atoms with E-state index >= 15 is 0 Å². The van der Waals surface area contributed by atoms with E-state index in [1.807, 2.05) is 0 Å². The van der Waals surface area contributed by atoms with Gasteiger partial charge in [0, 0.05) is 6.04 Å². The Morgan fingerprint density at radius 2 is 2.27 bits per heavy atom. The zero-order chi connectivity index (χ0) is 10.8. The van der Waals surface area contributed by atoms with Crippen molar-refractivity contribution in [2.75, 3.05) is 5.32 Å². The molecule has 0 unspecified atom stereocenters. The fraction of sp³-hybridized carbons (Fsp3) is 0.400. The number of primary amides is 1. The van der Waals surface area contributed by atoms with Crippen LogP contribution in [0.2, 0.25) is 5.15 Å². The molecule has 1 aliphatic rings. The Morgan fingerprint density at radius 1 is 1.53 bits per heavy atom. The largest absolute Gasteiger partial charge is 0.367 e. The molecular weight excluding hydrogens is 214 g/mol. The highest BCUT2D eigenvalue weighted by Gasteiger charge is 2.20. The predicted octanol–water partition coefficient (Wildman–Crippen LogP) is 1.80. The van der Waals surface area contributed by atoms with Crippen molar-refractivity contribution >= 4 is 23.3 Å². The standard InChI is InChI=1S/C10H12ClN3O/c11-8-5-4-7(9(12)15)10(14-8)13-6-2-1-3-6/h4-6H,1-3H2,(H2,12,15)(H,13,14). The fourth-order valence-corrected chi connectivity index (χ4v) is 1.64. The molecule has 4 nitrogen and oxygen atoms in total. The van der Waals surface area contributed by atoms with Crippen LogP contribution in [0, 0.1) is 0 Å². The Bertz CT molecular complexity index is 390. The first-order valence-corrected chi connectivity index (χ1v) is 5.27. The van der Waals surface area contributed by atoms with E-state index < -0.39 is 5.91 Å². The molecule has 3 N–H and O–H groups in total. The average molecular weight is 226 g/mol. The van der Waals surface area contributed by atoms with Crippen molar-refractivity contribution < 1.29 is 4.79 Å². The second-order valence-electron chi connectivity index (χ2n) is 3.67. The Labute approximate surface area is 92.8 Å². The van der Waals surface area contributed by atoms with Gasteiger partial charge < -0.3 is 11.1 Å². The number of anilines is 1. The topological polar surface area (TPSA) is 68.0 Å². The minimum Gasteiger partial charge on any atom is -0.367 e. The lowest BCUT2D eigenvalue weighted by Gasteiger charge is -2.27.